The highest BCUT2D eigenvalue weighted by Crippen LogP contribution is 2.44. The number of aliphatic hydroxyl groups excluding tert-OH is 1. The molecule has 0 saturated carbocycles. The van der Waals surface area contributed by atoms with Gasteiger partial charge in [0.1, 0.15) is 6.33 Å². The van der Waals surface area contributed by atoms with E-state index in [9.17, 15) is 9.90 Å². The Kier molecular flexibility index (Phi) is 5.78. The number of fused-ring (bicyclic) bond motifs is 1. The van der Waals surface area contributed by atoms with Gasteiger partial charge in [-0.3, -0.25) is 9.36 Å². The number of hydrogen-bond donors (Lipinski definition) is 1. The number of benzene rings is 2. The number of anilines is 1. The average Bonchev–Trinajstić information content (AvgIpc) is 3.25. The lowest BCUT2D eigenvalue weighted by atomic mass is 9.98. The molecule has 1 saturated heterocycles. The molecule has 160 valence electrons. The molecule has 1 N–H and O–H groups in total. The first-order valence-electron chi connectivity index (χ1n) is 10.6. The minimum atomic E-state index is -0.0162. The molecule has 0 radical (unpaired) electrons. The van der Waals surface area contributed by atoms with E-state index < -0.39 is 0 Å². The van der Waals surface area contributed by atoms with Crippen LogP contribution in [-0.4, -0.2) is 34.4 Å². The maximum absolute atomic E-state index is 13.2. The third-order valence-corrected chi connectivity index (χ3v) is 7.78. The number of thioether (sulfide) groups is 1. The van der Waals surface area contributed by atoms with E-state index in [1.165, 1.54) is 0 Å². The van der Waals surface area contributed by atoms with E-state index in [1.54, 1.807) is 22.7 Å². The van der Waals surface area contributed by atoms with Crippen LogP contribution in [0.25, 0.3) is 5.69 Å². The van der Waals surface area contributed by atoms with Crippen LogP contribution >= 0.6 is 23.4 Å². The fourth-order valence-electron chi connectivity index (χ4n) is 4.41. The van der Waals surface area contributed by atoms with Gasteiger partial charge in [-0.15, -0.1) is 11.8 Å². The van der Waals surface area contributed by atoms with Crippen molar-refractivity contribution < 1.29 is 5.11 Å². The highest BCUT2D eigenvalue weighted by molar-refractivity contribution is 7.99. The molecule has 2 aliphatic heterocycles. The van der Waals surface area contributed by atoms with Gasteiger partial charge in [0.2, 0.25) is 0 Å². The van der Waals surface area contributed by atoms with Crippen molar-refractivity contribution in [2.45, 2.75) is 29.4 Å². The van der Waals surface area contributed by atoms with E-state index in [4.69, 9.17) is 11.6 Å². The lowest BCUT2D eigenvalue weighted by Gasteiger charge is -2.33. The number of nitrogens with zero attached hydrogens (tertiary/aromatic N) is 3. The Morgan fingerprint density at radius 2 is 1.84 bits per heavy atom. The molecule has 0 bridgehead atoms. The van der Waals surface area contributed by atoms with Gasteiger partial charge in [0.15, 0.2) is 0 Å². The Balaban J connectivity index is 1.37. The van der Waals surface area contributed by atoms with Crippen LogP contribution in [0.2, 0.25) is 5.02 Å². The SMILES string of the molecule is O=c1c2c(ncn1-c1ccc(N3CCCC(CO)C3)cc1)CC(c1ccc(Cl)cc1)S2. The maximum atomic E-state index is 13.2. The van der Waals surface area contributed by atoms with Crippen molar-refractivity contribution in [1.29, 1.82) is 0 Å². The molecule has 2 aromatic carbocycles. The average molecular weight is 454 g/mol. The summed E-state index contributed by atoms with van der Waals surface area (Å²) < 4.78 is 1.63. The summed E-state index contributed by atoms with van der Waals surface area (Å²) in [6.45, 7) is 2.11. The van der Waals surface area contributed by atoms with E-state index >= 15 is 0 Å². The Morgan fingerprint density at radius 3 is 2.58 bits per heavy atom. The molecule has 0 spiro atoms. The van der Waals surface area contributed by atoms with Crippen LogP contribution in [0, 0.1) is 5.92 Å². The highest BCUT2D eigenvalue weighted by atomic mass is 35.5. The van der Waals surface area contributed by atoms with Gasteiger partial charge in [0, 0.05) is 42.1 Å². The molecule has 7 heteroatoms. The molecule has 3 heterocycles. The molecule has 3 aromatic rings. The Morgan fingerprint density at radius 1 is 1.10 bits per heavy atom. The Bertz CT molecular complexity index is 1130. The zero-order chi connectivity index (χ0) is 21.4. The zero-order valence-corrected chi connectivity index (χ0v) is 18.6. The second-order valence-corrected chi connectivity index (χ2v) is 9.86. The van der Waals surface area contributed by atoms with Gasteiger partial charge >= 0.3 is 0 Å². The first-order valence-corrected chi connectivity index (χ1v) is 11.9. The number of hydrogen-bond acceptors (Lipinski definition) is 5. The quantitative estimate of drug-likeness (QED) is 0.631. The van der Waals surface area contributed by atoms with Gasteiger partial charge in [0.05, 0.1) is 16.3 Å². The molecule has 2 unspecified atom stereocenters. The molecule has 1 fully saturated rings. The summed E-state index contributed by atoms with van der Waals surface area (Å²) in [6.07, 6.45) is 4.56. The maximum Gasteiger partial charge on any atom is 0.271 e. The minimum Gasteiger partial charge on any atom is -0.396 e. The number of aliphatic hydroxyl groups is 1. The minimum absolute atomic E-state index is 0.0162. The predicted molar refractivity (Wildman–Crippen MR) is 126 cm³/mol. The Labute approximate surface area is 190 Å². The van der Waals surface area contributed by atoms with E-state index in [2.05, 4.69) is 22.0 Å². The van der Waals surface area contributed by atoms with Gasteiger partial charge in [-0.1, -0.05) is 23.7 Å². The van der Waals surface area contributed by atoms with Crippen LogP contribution in [0.15, 0.2) is 64.5 Å². The number of aromatic nitrogens is 2. The van der Waals surface area contributed by atoms with Crippen LogP contribution in [0.4, 0.5) is 5.69 Å². The normalized spacial score (nSPS) is 20.6. The monoisotopic (exact) mass is 453 g/mol. The van der Waals surface area contributed by atoms with Crippen molar-refractivity contribution in [3.63, 3.8) is 0 Å². The summed E-state index contributed by atoms with van der Waals surface area (Å²) in [6, 6.07) is 15.9. The first kappa shape index (κ1) is 20.6. The van der Waals surface area contributed by atoms with Crippen molar-refractivity contribution in [3.05, 3.63) is 81.5 Å². The number of halogens is 1. The molecule has 1 aromatic heterocycles. The van der Waals surface area contributed by atoms with Crippen molar-refractivity contribution >= 4 is 29.1 Å². The molecule has 2 aliphatic rings. The van der Waals surface area contributed by atoms with Gasteiger partial charge in [0.25, 0.3) is 5.56 Å². The molecule has 5 nitrogen and oxygen atoms in total. The van der Waals surface area contributed by atoms with Crippen LogP contribution in [0.3, 0.4) is 0 Å². The third-order valence-electron chi connectivity index (χ3n) is 6.16. The van der Waals surface area contributed by atoms with E-state index in [0.717, 1.165) is 59.9 Å². The summed E-state index contributed by atoms with van der Waals surface area (Å²) in [7, 11) is 0. The molecule has 0 aliphatic carbocycles. The van der Waals surface area contributed by atoms with E-state index in [0.29, 0.717) is 10.9 Å². The summed E-state index contributed by atoms with van der Waals surface area (Å²) >= 11 is 7.60. The third kappa shape index (κ3) is 4.12. The van der Waals surface area contributed by atoms with Gasteiger partial charge in [-0.2, -0.15) is 0 Å². The lowest BCUT2D eigenvalue weighted by Crippen LogP contribution is -2.36. The fraction of sp³-hybridized carbons (Fsp3) is 0.333. The zero-order valence-electron chi connectivity index (χ0n) is 17.1. The van der Waals surface area contributed by atoms with Crippen LogP contribution in [0.5, 0.6) is 0 Å². The molecular formula is C24H24ClN3O2S. The van der Waals surface area contributed by atoms with Crippen molar-refractivity contribution in [2.24, 2.45) is 5.92 Å². The number of rotatable bonds is 4. The molecule has 0 amide bonds. The lowest BCUT2D eigenvalue weighted by molar-refractivity contribution is 0.209. The summed E-state index contributed by atoms with van der Waals surface area (Å²) in [5.74, 6) is 0.336. The van der Waals surface area contributed by atoms with Crippen molar-refractivity contribution in [3.8, 4) is 5.69 Å². The van der Waals surface area contributed by atoms with E-state index in [-0.39, 0.29) is 17.4 Å². The smallest absolute Gasteiger partial charge is 0.271 e. The van der Waals surface area contributed by atoms with Gasteiger partial charge in [-0.25, -0.2) is 4.98 Å². The predicted octanol–water partition coefficient (Wildman–Crippen LogP) is 4.48. The second kappa shape index (κ2) is 8.69. The fourth-order valence-corrected chi connectivity index (χ4v) is 5.83. The largest absolute Gasteiger partial charge is 0.396 e. The van der Waals surface area contributed by atoms with Crippen LogP contribution in [-0.2, 0) is 6.42 Å². The number of piperidine rings is 1. The van der Waals surface area contributed by atoms with Crippen molar-refractivity contribution in [1.82, 2.24) is 9.55 Å². The van der Waals surface area contributed by atoms with Gasteiger partial charge in [-0.05, 0) is 60.7 Å². The standard InChI is InChI=1S/C24H24ClN3O2S/c25-18-5-3-17(4-6-18)22-12-21-23(31-22)24(30)28(15-26-21)20-9-7-19(8-10-20)27-11-1-2-16(13-27)14-29/h3-10,15-16,22,29H,1-2,11-14H2. The molecule has 31 heavy (non-hydrogen) atoms. The van der Waals surface area contributed by atoms with Crippen LogP contribution in [0.1, 0.15) is 29.3 Å². The topological polar surface area (TPSA) is 58.4 Å². The summed E-state index contributed by atoms with van der Waals surface area (Å²) in [4.78, 5) is 20.8. The summed E-state index contributed by atoms with van der Waals surface area (Å²) in [5.41, 5.74) is 3.95. The van der Waals surface area contributed by atoms with Crippen LogP contribution < -0.4 is 10.5 Å². The Hall–Kier alpha value is -2.28. The molecular weight excluding hydrogens is 430 g/mol. The van der Waals surface area contributed by atoms with E-state index in [1.807, 2.05) is 36.4 Å². The molecule has 5 rings (SSSR count). The van der Waals surface area contributed by atoms with Crippen molar-refractivity contribution in [2.75, 3.05) is 24.6 Å². The summed E-state index contributed by atoms with van der Waals surface area (Å²) in [5, 5.41) is 10.4. The first-order chi connectivity index (χ1) is 15.1. The van der Waals surface area contributed by atoms with Gasteiger partial charge < -0.3 is 10.0 Å². The molecule has 2 atom stereocenters. The second-order valence-electron chi connectivity index (χ2n) is 8.21. The highest BCUT2D eigenvalue weighted by Gasteiger charge is 2.28.